The predicted molar refractivity (Wildman–Crippen MR) is 69.5 cm³/mol. The van der Waals surface area contributed by atoms with E-state index in [1.54, 1.807) is 0 Å². The van der Waals surface area contributed by atoms with Crippen LogP contribution in [-0.4, -0.2) is 25.8 Å². The highest BCUT2D eigenvalue weighted by atomic mass is 35.5. The van der Waals surface area contributed by atoms with Crippen LogP contribution in [0, 0.1) is 5.82 Å². The van der Waals surface area contributed by atoms with E-state index < -0.39 is 11.8 Å². The normalized spacial score (nSPS) is 10.2. The number of ether oxygens (including phenoxy) is 1. The first kappa shape index (κ1) is 14.7. The summed E-state index contributed by atoms with van der Waals surface area (Å²) in [5, 5.41) is 5.29. The molecule has 0 aromatic heterocycles. The van der Waals surface area contributed by atoms with Gasteiger partial charge in [0, 0.05) is 24.8 Å². The summed E-state index contributed by atoms with van der Waals surface area (Å²) in [4.78, 5) is 11.4. The Morgan fingerprint density at radius 2 is 2.28 bits per heavy atom. The Balaban J connectivity index is 2.31. The van der Waals surface area contributed by atoms with E-state index in [0.717, 1.165) is 6.07 Å². The third kappa shape index (κ3) is 5.33. The van der Waals surface area contributed by atoms with Gasteiger partial charge >= 0.3 is 6.03 Å². The van der Waals surface area contributed by atoms with Gasteiger partial charge in [-0.25, -0.2) is 9.18 Å². The molecule has 0 aliphatic heterocycles. The minimum Gasteiger partial charge on any atom is -0.382 e. The second-order valence-electron chi connectivity index (χ2n) is 3.56. The van der Waals surface area contributed by atoms with Crippen LogP contribution in [0.3, 0.4) is 0 Å². The molecule has 0 heterocycles. The van der Waals surface area contributed by atoms with E-state index in [2.05, 4.69) is 10.6 Å². The molecular formula is C12H16ClFN2O2. The van der Waals surface area contributed by atoms with Crippen LogP contribution in [0.2, 0.25) is 5.02 Å². The fraction of sp³-hybridized carbons (Fsp3) is 0.417. The van der Waals surface area contributed by atoms with Crippen molar-refractivity contribution in [2.24, 2.45) is 0 Å². The molecule has 0 atom stereocenters. The highest BCUT2D eigenvalue weighted by Crippen LogP contribution is 2.18. The number of rotatable bonds is 6. The van der Waals surface area contributed by atoms with Gasteiger partial charge in [-0.3, -0.25) is 0 Å². The molecule has 1 rings (SSSR count). The topological polar surface area (TPSA) is 50.4 Å². The molecule has 6 heteroatoms. The molecule has 0 aliphatic rings. The Kier molecular flexibility index (Phi) is 6.46. The van der Waals surface area contributed by atoms with Crippen molar-refractivity contribution in [1.29, 1.82) is 0 Å². The van der Waals surface area contributed by atoms with Gasteiger partial charge in [-0.05, 0) is 31.5 Å². The summed E-state index contributed by atoms with van der Waals surface area (Å²) in [6.07, 6.45) is 0.713. The Morgan fingerprint density at radius 1 is 1.50 bits per heavy atom. The Bertz CT molecular complexity index is 402. The Morgan fingerprint density at radius 3 is 2.94 bits per heavy atom. The van der Waals surface area contributed by atoms with Crippen molar-refractivity contribution in [1.82, 2.24) is 5.32 Å². The summed E-state index contributed by atoms with van der Waals surface area (Å²) in [7, 11) is 0. The van der Waals surface area contributed by atoms with Crippen molar-refractivity contribution in [3.63, 3.8) is 0 Å². The number of amides is 2. The van der Waals surface area contributed by atoms with Crippen LogP contribution in [0.1, 0.15) is 13.3 Å². The molecule has 0 saturated carbocycles. The van der Waals surface area contributed by atoms with Crippen molar-refractivity contribution < 1.29 is 13.9 Å². The number of nitrogens with one attached hydrogen (secondary N) is 2. The van der Waals surface area contributed by atoms with Crippen LogP contribution in [0.15, 0.2) is 18.2 Å². The average molecular weight is 275 g/mol. The van der Waals surface area contributed by atoms with Crippen molar-refractivity contribution in [3.8, 4) is 0 Å². The zero-order valence-electron chi connectivity index (χ0n) is 10.1. The van der Waals surface area contributed by atoms with E-state index in [9.17, 15) is 9.18 Å². The fourth-order valence-electron chi connectivity index (χ4n) is 1.28. The van der Waals surface area contributed by atoms with Gasteiger partial charge in [-0.15, -0.1) is 0 Å². The molecule has 0 saturated heterocycles. The third-order valence-electron chi connectivity index (χ3n) is 2.13. The first-order valence-corrected chi connectivity index (χ1v) is 6.09. The number of anilines is 1. The summed E-state index contributed by atoms with van der Waals surface area (Å²) in [6.45, 7) is 3.62. The van der Waals surface area contributed by atoms with Crippen molar-refractivity contribution >= 4 is 23.3 Å². The Hall–Kier alpha value is -1.33. The van der Waals surface area contributed by atoms with Gasteiger partial charge in [0.1, 0.15) is 5.82 Å². The minimum absolute atomic E-state index is 0.0988. The van der Waals surface area contributed by atoms with Crippen LogP contribution in [-0.2, 0) is 4.74 Å². The zero-order chi connectivity index (χ0) is 13.4. The maximum Gasteiger partial charge on any atom is 0.319 e. The van der Waals surface area contributed by atoms with Crippen molar-refractivity contribution in [3.05, 3.63) is 29.0 Å². The monoisotopic (exact) mass is 274 g/mol. The smallest absolute Gasteiger partial charge is 0.319 e. The maximum absolute atomic E-state index is 13.4. The lowest BCUT2D eigenvalue weighted by molar-refractivity contribution is 0.145. The molecule has 2 N–H and O–H groups in total. The lowest BCUT2D eigenvalue weighted by Crippen LogP contribution is -2.30. The number of benzene rings is 1. The molecular weight excluding hydrogens is 259 g/mol. The van der Waals surface area contributed by atoms with Gasteiger partial charge in [0.2, 0.25) is 0 Å². The summed E-state index contributed by atoms with van der Waals surface area (Å²) < 4.78 is 18.5. The van der Waals surface area contributed by atoms with E-state index in [1.807, 2.05) is 6.92 Å². The molecule has 18 heavy (non-hydrogen) atoms. The number of carbonyl (C=O) groups excluding carboxylic acids is 1. The van der Waals surface area contributed by atoms with E-state index in [0.29, 0.717) is 26.2 Å². The summed E-state index contributed by atoms with van der Waals surface area (Å²) >= 11 is 5.60. The van der Waals surface area contributed by atoms with E-state index in [1.165, 1.54) is 12.1 Å². The average Bonchev–Trinajstić information content (AvgIpc) is 2.32. The largest absolute Gasteiger partial charge is 0.382 e. The number of halogens is 2. The second kappa shape index (κ2) is 7.89. The molecule has 1 aromatic carbocycles. The van der Waals surface area contributed by atoms with Crippen molar-refractivity contribution in [2.45, 2.75) is 13.3 Å². The van der Waals surface area contributed by atoms with Crippen LogP contribution in [0.25, 0.3) is 0 Å². The number of carbonyl (C=O) groups is 1. The van der Waals surface area contributed by atoms with Gasteiger partial charge < -0.3 is 15.4 Å². The molecule has 1 aromatic rings. The molecule has 4 nitrogen and oxygen atoms in total. The quantitative estimate of drug-likeness (QED) is 0.784. The lowest BCUT2D eigenvalue weighted by atomic mass is 10.3. The van der Waals surface area contributed by atoms with Gasteiger partial charge in [0.15, 0.2) is 0 Å². The Labute approximate surface area is 110 Å². The summed E-state index contributed by atoms with van der Waals surface area (Å²) in [5.74, 6) is -0.563. The van der Waals surface area contributed by atoms with Gasteiger partial charge in [-0.2, -0.15) is 0 Å². The molecule has 100 valence electrons. The molecule has 0 unspecified atom stereocenters. The van der Waals surface area contributed by atoms with E-state index in [-0.39, 0.29) is 10.7 Å². The first-order chi connectivity index (χ1) is 8.63. The standard InChI is InChI=1S/C12H16ClFN2O2/c1-2-18-7-3-6-15-12(17)16-11-5-4-9(13)8-10(11)14/h4-5,8H,2-3,6-7H2,1H3,(H2,15,16,17). The third-order valence-corrected chi connectivity index (χ3v) is 2.37. The molecule has 0 bridgehead atoms. The van der Waals surface area contributed by atoms with Crippen LogP contribution < -0.4 is 10.6 Å². The lowest BCUT2D eigenvalue weighted by Gasteiger charge is -2.08. The molecule has 0 aliphatic carbocycles. The number of hydrogen-bond acceptors (Lipinski definition) is 2. The van der Waals surface area contributed by atoms with Crippen molar-refractivity contribution in [2.75, 3.05) is 25.1 Å². The minimum atomic E-state index is -0.563. The number of urea groups is 1. The summed E-state index contributed by atoms with van der Waals surface area (Å²) in [6, 6.07) is 3.62. The second-order valence-corrected chi connectivity index (χ2v) is 3.99. The zero-order valence-corrected chi connectivity index (χ0v) is 10.9. The summed E-state index contributed by atoms with van der Waals surface area (Å²) in [5.41, 5.74) is 0.0988. The molecule has 0 fully saturated rings. The maximum atomic E-state index is 13.4. The van der Waals surface area contributed by atoms with E-state index >= 15 is 0 Å². The van der Waals surface area contributed by atoms with Gasteiger partial charge in [-0.1, -0.05) is 11.6 Å². The van der Waals surface area contributed by atoms with Gasteiger partial charge in [0.25, 0.3) is 0 Å². The fourth-order valence-corrected chi connectivity index (χ4v) is 1.44. The highest BCUT2D eigenvalue weighted by molar-refractivity contribution is 6.30. The van der Waals surface area contributed by atoms with Crippen LogP contribution in [0.4, 0.5) is 14.9 Å². The van der Waals surface area contributed by atoms with E-state index in [4.69, 9.17) is 16.3 Å². The number of hydrogen-bond donors (Lipinski definition) is 2. The molecule has 0 spiro atoms. The highest BCUT2D eigenvalue weighted by Gasteiger charge is 2.06. The van der Waals surface area contributed by atoms with Crippen LogP contribution in [0.5, 0.6) is 0 Å². The predicted octanol–water partition coefficient (Wildman–Crippen LogP) is 3.03. The van der Waals surface area contributed by atoms with Crippen LogP contribution >= 0.6 is 11.6 Å². The van der Waals surface area contributed by atoms with Gasteiger partial charge in [0.05, 0.1) is 5.69 Å². The molecule has 0 radical (unpaired) electrons. The first-order valence-electron chi connectivity index (χ1n) is 5.71. The SMILES string of the molecule is CCOCCCNC(=O)Nc1ccc(Cl)cc1F. The molecule has 2 amide bonds.